The van der Waals surface area contributed by atoms with Crippen LogP contribution in [-0.2, 0) is 0 Å². The van der Waals surface area contributed by atoms with Crippen molar-refractivity contribution in [2.45, 2.75) is 39.5 Å². The summed E-state index contributed by atoms with van der Waals surface area (Å²) in [7, 11) is 0. The molecule has 4 heteroatoms. The number of amides is 2. The number of aromatic hydroxyl groups is 1. The van der Waals surface area contributed by atoms with Gasteiger partial charge in [0.1, 0.15) is 5.75 Å². The second kappa shape index (κ2) is 8.14. The van der Waals surface area contributed by atoms with Crippen molar-refractivity contribution in [1.29, 1.82) is 0 Å². The number of carbonyl (C=O) groups excluding carboxylic acids is 2. The quantitative estimate of drug-likeness (QED) is 0.334. The van der Waals surface area contributed by atoms with Gasteiger partial charge in [-0.3, -0.25) is 9.59 Å². The van der Waals surface area contributed by atoms with E-state index >= 15 is 0 Å². The number of anilines is 1. The molecule has 0 fully saturated rings. The van der Waals surface area contributed by atoms with Gasteiger partial charge in [-0.25, -0.2) is 4.90 Å². The molecular formula is C30H27NO3. The van der Waals surface area contributed by atoms with Crippen LogP contribution >= 0.6 is 0 Å². The van der Waals surface area contributed by atoms with E-state index in [4.69, 9.17) is 0 Å². The molecule has 170 valence electrons. The zero-order valence-electron chi connectivity index (χ0n) is 19.8. The van der Waals surface area contributed by atoms with Gasteiger partial charge in [-0.05, 0) is 63.7 Å². The first kappa shape index (κ1) is 21.9. The van der Waals surface area contributed by atoms with Crippen LogP contribution in [-0.4, -0.2) is 16.9 Å². The largest absolute Gasteiger partial charge is 0.508 e. The second-order valence-electron chi connectivity index (χ2n) is 9.48. The molecule has 4 aromatic rings. The van der Waals surface area contributed by atoms with E-state index in [0.717, 1.165) is 27.6 Å². The lowest BCUT2D eigenvalue weighted by molar-refractivity contribution is 0.0893. The summed E-state index contributed by atoms with van der Waals surface area (Å²) in [5, 5.41) is 11.2. The van der Waals surface area contributed by atoms with E-state index in [1.165, 1.54) is 4.90 Å². The summed E-state index contributed by atoms with van der Waals surface area (Å²) in [4.78, 5) is 29.2. The van der Waals surface area contributed by atoms with E-state index in [1.54, 1.807) is 18.2 Å². The predicted molar refractivity (Wildman–Crippen MR) is 137 cm³/mol. The van der Waals surface area contributed by atoms with Crippen LogP contribution in [0.1, 0.15) is 71.4 Å². The minimum Gasteiger partial charge on any atom is -0.508 e. The normalized spacial score (nSPS) is 13.4. The predicted octanol–water partition coefficient (Wildman–Crippen LogP) is 7.26. The Kier molecular flexibility index (Phi) is 5.24. The van der Waals surface area contributed by atoms with Crippen LogP contribution in [0.3, 0.4) is 0 Å². The van der Waals surface area contributed by atoms with Gasteiger partial charge in [0.15, 0.2) is 0 Å². The zero-order valence-corrected chi connectivity index (χ0v) is 19.8. The third kappa shape index (κ3) is 3.29. The van der Waals surface area contributed by atoms with E-state index in [1.807, 2.05) is 54.6 Å². The second-order valence-corrected chi connectivity index (χ2v) is 9.48. The van der Waals surface area contributed by atoms with Crippen LogP contribution in [0, 0.1) is 0 Å². The average molecular weight is 450 g/mol. The summed E-state index contributed by atoms with van der Waals surface area (Å²) in [5.41, 5.74) is 5.58. The van der Waals surface area contributed by atoms with Gasteiger partial charge in [-0.2, -0.15) is 0 Å². The highest BCUT2D eigenvalue weighted by Crippen LogP contribution is 2.42. The molecule has 1 aliphatic rings. The van der Waals surface area contributed by atoms with Crippen LogP contribution in [0.2, 0.25) is 0 Å². The fourth-order valence-electron chi connectivity index (χ4n) is 4.96. The highest BCUT2D eigenvalue weighted by molar-refractivity contribution is 6.37. The summed E-state index contributed by atoms with van der Waals surface area (Å²) >= 11 is 0. The van der Waals surface area contributed by atoms with Crippen molar-refractivity contribution in [3.05, 3.63) is 95.1 Å². The molecule has 1 N–H and O–H groups in total. The number of hydrogen-bond acceptors (Lipinski definition) is 3. The minimum absolute atomic E-state index is 0.156. The Balaban J connectivity index is 1.76. The third-order valence-corrected chi connectivity index (χ3v) is 6.65. The third-order valence-electron chi connectivity index (χ3n) is 6.65. The molecule has 1 aliphatic heterocycles. The van der Waals surface area contributed by atoms with Crippen molar-refractivity contribution in [2.75, 3.05) is 4.90 Å². The standard InChI is InChI=1S/C30H27NO3/c1-17(2)21-7-5-8-22(18(3)4)28(21)31-29(33)25-10-6-9-24-23(19-11-13-20(32)14-12-19)15-16-26(27(24)25)30(31)34/h5-18,32H,1-4H3. The Hall–Kier alpha value is -3.92. The minimum atomic E-state index is -0.291. The highest BCUT2D eigenvalue weighted by atomic mass is 16.3. The van der Waals surface area contributed by atoms with Crippen LogP contribution < -0.4 is 4.90 Å². The number of para-hydroxylation sites is 1. The molecule has 0 saturated carbocycles. The number of carbonyl (C=O) groups is 2. The molecule has 4 nitrogen and oxygen atoms in total. The fourth-order valence-corrected chi connectivity index (χ4v) is 4.96. The summed E-state index contributed by atoms with van der Waals surface area (Å²) in [6.07, 6.45) is 0. The number of nitrogens with zero attached hydrogens (tertiary/aromatic N) is 1. The van der Waals surface area contributed by atoms with Gasteiger partial charge in [0.2, 0.25) is 0 Å². The van der Waals surface area contributed by atoms with Gasteiger partial charge in [-0.1, -0.05) is 76.2 Å². The number of imide groups is 1. The summed E-state index contributed by atoms with van der Waals surface area (Å²) < 4.78 is 0. The fraction of sp³-hybridized carbons (Fsp3) is 0.200. The number of benzene rings is 4. The first-order valence-corrected chi connectivity index (χ1v) is 11.7. The van der Waals surface area contributed by atoms with Crippen LogP contribution in [0.25, 0.3) is 21.9 Å². The van der Waals surface area contributed by atoms with Gasteiger partial charge in [-0.15, -0.1) is 0 Å². The molecule has 0 atom stereocenters. The summed E-state index contributed by atoms with van der Waals surface area (Å²) in [6.45, 7) is 8.34. The van der Waals surface area contributed by atoms with Gasteiger partial charge in [0.25, 0.3) is 11.8 Å². The molecule has 0 unspecified atom stereocenters. The molecule has 5 rings (SSSR count). The Labute approximate surface area is 199 Å². The molecule has 2 amide bonds. The lowest BCUT2D eigenvalue weighted by atomic mass is 9.86. The van der Waals surface area contributed by atoms with Crippen molar-refractivity contribution < 1.29 is 14.7 Å². The maximum Gasteiger partial charge on any atom is 0.266 e. The van der Waals surface area contributed by atoms with Gasteiger partial charge in [0.05, 0.1) is 5.69 Å². The van der Waals surface area contributed by atoms with Crippen molar-refractivity contribution in [1.82, 2.24) is 0 Å². The topological polar surface area (TPSA) is 57.6 Å². The molecule has 4 aromatic carbocycles. The Morgan fingerprint density at radius 2 is 1.18 bits per heavy atom. The van der Waals surface area contributed by atoms with E-state index in [-0.39, 0.29) is 29.4 Å². The first-order valence-electron chi connectivity index (χ1n) is 11.7. The number of phenols is 1. The summed E-state index contributed by atoms with van der Waals surface area (Å²) in [5.74, 6) is -0.0779. The van der Waals surface area contributed by atoms with Crippen LogP contribution in [0.5, 0.6) is 5.75 Å². The molecule has 0 aromatic heterocycles. The summed E-state index contributed by atoms with van der Waals surface area (Å²) in [6, 6.07) is 22.4. The maximum absolute atomic E-state index is 13.9. The van der Waals surface area contributed by atoms with Crippen LogP contribution in [0.4, 0.5) is 5.69 Å². The van der Waals surface area contributed by atoms with Gasteiger partial charge < -0.3 is 5.11 Å². The lowest BCUT2D eigenvalue weighted by Gasteiger charge is -2.32. The average Bonchev–Trinajstić information content (AvgIpc) is 2.82. The number of rotatable bonds is 4. The molecule has 0 radical (unpaired) electrons. The molecule has 0 spiro atoms. The molecule has 1 heterocycles. The van der Waals surface area contributed by atoms with Crippen LogP contribution in [0.15, 0.2) is 72.8 Å². The lowest BCUT2D eigenvalue weighted by Crippen LogP contribution is -2.41. The molecule has 0 bridgehead atoms. The monoisotopic (exact) mass is 449 g/mol. The van der Waals surface area contributed by atoms with E-state index in [2.05, 4.69) is 27.7 Å². The van der Waals surface area contributed by atoms with Crippen molar-refractivity contribution >= 4 is 28.3 Å². The van der Waals surface area contributed by atoms with E-state index in [9.17, 15) is 14.7 Å². The Morgan fingerprint density at radius 1 is 0.647 bits per heavy atom. The molecule has 34 heavy (non-hydrogen) atoms. The Morgan fingerprint density at radius 3 is 1.76 bits per heavy atom. The van der Waals surface area contributed by atoms with E-state index in [0.29, 0.717) is 22.2 Å². The molecular weight excluding hydrogens is 422 g/mol. The number of phenolic OH excluding ortho intramolecular Hbond substituents is 1. The zero-order chi connectivity index (χ0) is 24.1. The highest BCUT2D eigenvalue weighted by Gasteiger charge is 2.37. The maximum atomic E-state index is 13.9. The van der Waals surface area contributed by atoms with Crippen molar-refractivity contribution in [3.8, 4) is 16.9 Å². The van der Waals surface area contributed by atoms with Crippen molar-refractivity contribution in [3.63, 3.8) is 0 Å². The molecule has 0 aliphatic carbocycles. The van der Waals surface area contributed by atoms with Gasteiger partial charge >= 0.3 is 0 Å². The first-order chi connectivity index (χ1) is 16.3. The van der Waals surface area contributed by atoms with E-state index < -0.39 is 0 Å². The van der Waals surface area contributed by atoms with Crippen molar-refractivity contribution in [2.24, 2.45) is 0 Å². The number of hydrogen-bond donors (Lipinski definition) is 1. The van der Waals surface area contributed by atoms with Gasteiger partial charge in [0, 0.05) is 16.5 Å². The SMILES string of the molecule is CC(C)c1cccc(C(C)C)c1N1C(=O)c2cccc3c(-c4ccc(O)cc4)ccc(c23)C1=O. The smallest absolute Gasteiger partial charge is 0.266 e. The Bertz CT molecular complexity index is 1400. The molecule has 0 saturated heterocycles.